The Bertz CT molecular complexity index is 284. The number of rotatable bonds is 2. The second kappa shape index (κ2) is 3.61. The minimum atomic E-state index is -0.603. The third-order valence-corrected chi connectivity index (χ3v) is 1.42. The van der Waals surface area contributed by atoms with Gasteiger partial charge in [0.2, 0.25) is 6.29 Å². The number of carbonyl (C=O) groups is 2. The van der Waals surface area contributed by atoms with E-state index in [1.807, 2.05) is 0 Å². The highest BCUT2D eigenvalue weighted by molar-refractivity contribution is 6.30. The Morgan fingerprint density at radius 2 is 2.33 bits per heavy atom. The summed E-state index contributed by atoms with van der Waals surface area (Å²) < 4.78 is 0. The van der Waals surface area contributed by atoms with E-state index in [2.05, 4.69) is 4.98 Å². The van der Waals surface area contributed by atoms with Crippen LogP contribution >= 0.6 is 0 Å². The lowest BCUT2D eigenvalue weighted by Crippen LogP contribution is -2.27. The third-order valence-electron chi connectivity index (χ3n) is 1.42. The lowest BCUT2D eigenvalue weighted by atomic mass is 10.4. The minimum Gasteiger partial charge on any atom is -0.294 e. The quantitative estimate of drug-likeness (QED) is 0.465. The number of nitrogens with zero attached hydrogens (tertiary/aromatic N) is 2. The van der Waals surface area contributed by atoms with E-state index in [4.69, 9.17) is 0 Å². The molecular weight excluding hydrogens is 156 g/mol. The van der Waals surface area contributed by atoms with Gasteiger partial charge in [-0.2, -0.15) is 0 Å². The van der Waals surface area contributed by atoms with Crippen molar-refractivity contribution in [3.63, 3.8) is 0 Å². The van der Waals surface area contributed by atoms with Gasteiger partial charge >= 0.3 is 0 Å². The Hall–Kier alpha value is -1.71. The number of amides is 1. The molecule has 1 amide bonds. The largest absolute Gasteiger partial charge is 0.294 e. The molecular formula is C8H8N2O2. The summed E-state index contributed by atoms with van der Waals surface area (Å²) in [4.78, 5) is 26.0. The summed E-state index contributed by atoms with van der Waals surface area (Å²) in [5.41, 5.74) is 0. The number of anilines is 1. The average Bonchev–Trinajstić information content (AvgIpc) is 2.17. The van der Waals surface area contributed by atoms with E-state index in [0.29, 0.717) is 5.82 Å². The Balaban J connectivity index is 2.85. The van der Waals surface area contributed by atoms with Crippen LogP contribution in [0.25, 0.3) is 0 Å². The van der Waals surface area contributed by atoms with E-state index >= 15 is 0 Å². The number of carbonyl (C=O) groups excluding carboxylic acids is 2. The molecule has 0 aromatic carbocycles. The molecule has 12 heavy (non-hydrogen) atoms. The van der Waals surface area contributed by atoms with Gasteiger partial charge in [0.1, 0.15) is 5.82 Å². The normalized spacial score (nSPS) is 9.08. The summed E-state index contributed by atoms with van der Waals surface area (Å²) in [6.45, 7) is 0. The van der Waals surface area contributed by atoms with E-state index in [9.17, 15) is 9.59 Å². The summed E-state index contributed by atoms with van der Waals surface area (Å²) in [5, 5.41) is 0. The fraction of sp³-hybridized carbons (Fsp3) is 0.125. The molecule has 0 spiro atoms. The van der Waals surface area contributed by atoms with E-state index in [1.165, 1.54) is 11.9 Å². The molecule has 0 saturated carbocycles. The Morgan fingerprint density at radius 3 is 2.83 bits per heavy atom. The van der Waals surface area contributed by atoms with Crippen LogP contribution in [0.5, 0.6) is 0 Å². The summed E-state index contributed by atoms with van der Waals surface area (Å²) >= 11 is 0. The molecule has 1 aromatic heterocycles. The molecule has 0 aliphatic heterocycles. The van der Waals surface area contributed by atoms with Crippen LogP contribution in [-0.2, 0) is 9.59 Å². The van der Waals surface area contributed by atoms with Crippen LogP contribution in [0.2, 0.25) is 0 Å². The molecule has 0 saturated heterocycles. The van der Waals surface area contributed by atoms with Crippen molar-refractivity contribution >= 4 is 18.0 Å². The molecule has 62 valence electrons. The highest BCUT2D eigenvalue weighted by Crippen LogP contribution is 2.05. The predicted molar refractivity (Wildman–Crippen MR) is 43.7 cm³/mol. The molecule has 0 fully saturated rings. The molecule has 0 aliphatic rings. The van der Waals surface area contributed by atoms with Crippen molar-refractivity contribution in [3.8, 4) is 0 Å². The van der Waals surface area contributed by atoms with Crippen molar-refractivity contribution in [2.75, 3.05) is 11.9 Å². The van der Waals surface area contributed by atoms with Crippen LogP contribution in [0.1, 0.15) is 0 Å². The molecule has 0 unspecified atom stereocenters. The summed E-state index contributed by atoms with van der Waals surface area (Å²) in [7, 11) is 1.50. The zero-order chi connectivity index (χ0) is 8.97. The fourth-order valence-electron chi connectivity index (χ4n) is 0.744. The van der Waals surface area contributed by atoms with E-state index < -0.39 is 5.91 Å². The molecule has 4 heteroatoms. The van der Waals surface area contributed by atoms with Crippen LogP contribution in [0, 0.1) is 0 Å². The van der Waals surface area contributed by atoms with Crippen LogP contribution in [0.3, 0.4) is 0 Å². The highest BCUT2D eigenvalue weighted by atomic mass is 16.2. The maximum Gasteiger partial charge on any atom is 0.291 e. The number of hydrogen-bond donors (Lipinski definition) is 0. The maximum atomic E-state index is 10.8. The first kappa shape index (κ1) is 8.39. The number of aldehydes is 1. The van der Waals surface area contributed by atoms with Crippen molar-refractivity contribution in [3.05, 3.63) is 24.4 Å². The van der Waals surface area contributed by atoms with Crippen molar-refractivity contribution < 1.29 is 9.59 Å². The molecule has 4 nitrogen and oxygen atoms in total. The number of pyridine rings is 1. The number of likely N-dealkylation sites (N-methyl/N-ethyl adjacent to an activating group) is 1. The second-order valence-electron chi connectivity index (χ2n) is 2.20. The van der Waals surface area contributed by atoms with E-state index in [-0.39, 0.29) is 6.29 Å². The van der Waals surface area contributed by atoms with Gasteiger partial charge in [0.15, 0.2) is 0 Å². The van der Waals surface area contributed by atoms with Crippen LogP contribution in [0.15, 0.2) is 24.4 Å². The summed E-state index contributed by atoms with van der Waals surface area (Å²) in [6, 6.07) is 5.14. The molecule has 0 radical (unpaired) electrons. The van der Waals surface area contributed by atoms with E-state index in [1.54, 1.807) is 24.4 Å². The van der Waals surface area contributed by atoms with Crippen molar-refractivity contribution in [2.45, 2.75) is 0 Å². The zero-order valence-corrected chi connectivity index (χ0v) is 6.60. The average molecular weight is 164 g/mol. The minimum absolute atomic E-state index is 0.259. The Kier molecular flexibility index (Phi) is 2.53. The predicted octanol–water partition coefficient (Wildman–Crippen LogP) is 0.243. The van der Waals surface area contributed by atoms with Crippen molar-refractivity contribution in [2.24, 2.45) is 0 Å². The topological polar surface area (TPSA) is 50.3 Å². The molecule has 1 rings (SSSR count). The Labute approximate surface area is 69.8 Å². The van der Waals surface area contributed by atoms with Crippen LogP contribution in [-0.4, -0.2) is 24.2 Å². The number of aromatic nitrogens is 1. The van der Waals surface area contributed by atoms with Gasteiger partial charge in [0, 0.05) is 13.2 Å². The fourth-order valence-corrected chi connectivity index (χ4v) is 0.744. The van der Waals surface area contributed by atoms with Gasteiger partial charge in [-0.3, -0.25) is 14.5 Å². The third kappa shape index (κ3) is 1.66. The molecule has 1 heterocycles. The van der Waals surface area contributed by atoms with Gasteiger partial charge in [-0.25, -0.2) is 4.98 Å². The Morgan fingerprint density at radius 1 is 1.58 bits per heavy atom. The molecule has 0 N–H and O–H groups in total. The first-order chi connectivity index (χ1) is 5.75. The van der Waals surface area contributed by atoms with Crippen molar-refractivity contribution in [1.82, 2.24) is 4.98 Å². The van der Waals surface area contributed by atoms with Gasteiger partial charge in [-0.15, -0.1) is 0 Å². The number of hydrogen-bond acceptors (Lipinski definition) is 3. The second-order valence-corrected chi connectivity index (χ2v) is 2.20. The van der Waals surface area contributed by atoms with E-state index in [0.717, 1.165) is 0 Å². The van der Waals surface area contributed by atoms with Gasteiger partial charge in [-0.05, 0) is 12.1 Å². The summed E-state index contributed by atoms with van der Waals surface area (Å²) in [5.74, 6) is -0.136. The van der Waals surface area contributed by atoms with Crippen molar-refractivity contribution in [1.29, 1.82) is 0 Å². The highest BCUT2D eigenvalue weighted by Gasteiger charge is 2.08. The van der Waals surface area contributed by atoms with Crippen LogP contribution < -0.4 is 4.90 Å². The van der Waals surface area contributed by atoms with Gasteiger partial charge in [0.25, 0.3) is 5.91 Å². The van der Waals surface area contributed by atoms with Gasteiger partial charge in [0.05, 0.1) is 0 Å². The van der Waals surface area contributed by atoms with Crippen LogP contribution in [0.4, 0.5) is 5.82 Å². The zero-order valence-electron chi connectivity index (χ0n) is 6.60. The lowest BCUT2D eigenvalue weighted by molar-refractivity contribution is -0.129. The first-order valence-electron chi connectivity index (χ1n) is 3.39. The standard InChI is InChI=1S/C8H8N2O2/c1-10(8(12)6-11)7-4-2-3-5-9-7/h2-6H,1H3. The maximum absolute atomic E-state index is 10.8. The van der Waals surface area contributed by atoms with Gasteiger partial charge in [-0.1, -0.05) is 6.07 Å². The lowest BCUT2D eigenvalue weighted by Gasteiger charge is -2.11. The first-order valence-corrected chi connectivity index (χ1v) is 3.39. The monoisotopic (exact) mass is 164 g/mol. The SMILES string of the molecule is CN(C(=O)C=O)c1ccccn1. The molecule has 0 aliphatic carbocycles. The van der Waals surface area contributed by atoms with Gasteiger partial charge < -0.3 is 0 Å². The summed E-state index contributed by atoms with van der Waals surface area (Å²) in [6.07, 6.45) is 1.82. The molecule has 1 aromatic rings. The molecule has 0 bridgehead atoms. The smallest absolute Gasteiger partial charge is 0.291 e. The molecule has 0 atom stereocenters.